The zero-order chi connectivity index (χ0) is 22.0. The molecule has 0 bridgehead atoms. The van der Waals surface area contributed by atoms with Crippen LogP contribution in [0.15, 0.2) is 51.7 Å². The Labute approximate surface area is 181 Å². The number of phenolic OH excluding ortho intramolecular Hbond substituents is 1. The van der Waals surface area contributed by atoms with E-state index in [1.54, 1.807) is 26.0 Å². The zero-order valence-corrected chi connectivity index (χ0v) is 17.9. The molecule has 162 valence electrons. The van der Waals surface area contributed by atoms with E-state index in [1.807, 2.05) is 30.3 Å². The molecule has 1 fully saturated rings. The van der Waals surface area contributed by atoms with Crippen LogP contribution in [0.5, 0.6) is 5.75 Å². The van der Waals surface area contributed by atoms with Gasteiger partial charge in [0.1, 0.15) is 17.1 Å². The molecule has 1 aliphatic heterocycles. The number of ether oxygens (including phenoxy) is 1. The van der Waals surface area contributed by atoms with E-state index < -0.39 is 0 Å². The molecule has 0 amide bonds. The maximum Gasteiger partial charge on any atom is 0.310 e. The van der Waals surface area contributed by atoms with Crippen LogP contribution in [0.25, 0.3) is 22.1 Å². The number of nitrogens with zero attached hydrogens (tertiary/aromatic N) is 1. The average Bonchev–Trinajstić information content (AvgIpc) is 2.77. The van der Waals surface area contributed by atoms with Gasteiger partial charge in [-0.3, -0.25) is 14.5 Å². The number of benzene rings is 2. The van der Waals surface area contributed by atoms with Crippen LogP contribution in [-0.2, 0) is 16.1 Å². The molecule has 1 aromatic heterocycles. The Morgan fingerprint density at radius 3 is 2.74 bits per heavy atom. The van der Waals surface area contributed by atoms with Gasteiger partial charge in [-0.1, -0.05) is 30.3 Å². The number of hydrogen-bond donors (Lipinski definition) is 1. The second-order valence-electron chi connectivity index (χ2n) is 7.99. The summed E-state index contributed by atoms with van der Waals surface area (Å²) in [4.78, 5) is 27.6. The Balaban J connectivity index is 1.71. The molecule has 0 aliphatic carbocycles. The number of esters is 1. The largest absolute Gasteiger partial charge is 0.507 e. The second-order valence-corrected chi connectivity index (χ2v) is 7.99. The topological polar surface area (TPSA) is 80.0 Å². The van der Waals surface area contributed by atoms with Crippen molar-refractivity contribution in [2.45, 2.75) is 33.2 Å². The van der Waals surface area contributed by atoms with Crippen molar-refractivity contribution in [3.8, 4) is 16.9 Å². The first-order valence-electron chi connectivity index (χ1n) is 10.7. The minimum absolute atomic E-state index is 0.0840. The normalized spacial score (nSPS) is 17.0. The molecule has 1 atom stereocenters. The maximum atomic E-state index is 13.3. The van der Waals surface area contributed by atoms with Gasteiger partial charge in [-0.25, -0.2) is 0 Å². The Kier molecular flexibility index (Phi) is 6.09. The molecule has 3 aromatic rings. The van der Waals surface area contributed by atoms with Gasteiger partial charge in [0.2, 0.25) is 5.43 Å². The summed E-state index contributed by atoms with van der Waals surface area (Å²) in [6, 6.07) is 12.6. The quantitative estimate of drug-likeness (QED) is 0.621. The lowest BCUT2D eigenvalue weighted by molar-refractivity contribution is -0.150. The van der Waals surface area contributed by atoms with Crippen molar-refractivity contribution in [3.63, 3.8) is 0 Å². The van der Waals surface area contributed by atoms with E-state index >= 15 is 0 Å². The van der Waals surface area contributed by atoms with Crippen molar-refractivity contribution in [2.24, 2.45) is 5.92 Å². The molecule has 0 radical (unpaired) electrons. The van der Waals surface area contributed by atoms with Gasteiger partial charge in [-0.15, -0.1) is 0 Å². The maximum absolute atomic E-state index is 13.3. The lowest BCUT2D eigenvalue weighted by atomic mass is 9.97. The summed E-state index contributed by atoms with van der Waals surface area (Å²) >= 11 is 0. The first-order chi connectivity index (χ1) is 15.0. The monoisotopic (exact) mass is 421 g/mol. The highest BCUT2D eigenvalue weighted by Crippen LogP contribution is 2.32. The van der Waals surface area contributed by atoms with E-state index in [4.69, 9.17) is 9.15 Å². The molecule has 0 saturated carbocycles. The zero-order valence-electron chi connectivity index (χ0n) is 17.9. The molecule has 1 aliphatic rings. The van der Waals surface area contributed by atoms with Crippen molar-refractivity contribution in [2.75, 3.05) is 19.7 Å². The van der Waals surface area contributed by atoms with Crippen LogP contribution in [0.1, 0.15) is 31.1 Å². The van der Waals surface area contributed by atoms with Gasteiger partial charge in [0, 0.05) is 13.1 Å². The molecule has 31 heavy (non-hydrogen) atoms. The Bertz CT molecular complexity index is 1150. The lowest BCUT2D eigenvalue weighted by Crippen LogP contribution is -2.39. The van der Waals surface area contributed by atoms with Gasteiger partial charge in [0.05, 0.1) is 29.0 Å². The van der Waals surface area contributed by atoms with Crippen molar-refractivity contribution in [1.29, 1.82) is 0 Å². The first kappa shape index (κ1) is 21.1. The van der Waals surface area contributed by atoms with Crippen LogP contribution in [0.2, 0.25) is 0 Å². The molecule has 0 unspecified atom stereocenters. The minimum Gasteiger partial charge on any atom is -0.507 e. The van der Waals surface area contributed by atoms with E-state index in [9.17, 15) is 14.7 Å². The summed E-state index contributed by atoms with van der Waals surface area (Å²) in [5.74, 6) is 0.243. The number of fused-ring (bicyclic) bond motifs is 1. The fourth-order valence-corrected chi connectivity index (χ4v) is 4.38. The van der Waals surface area contributed by atoms with E-state index in [-0.39, 0.29) is 23.1 Å². The van der Waals surface area contributed by atoms with E-state index in [1.165, 1.54) is 0 Å². The van der Waals surface area contributed by atoms with Crippen LogP contribution in [0.3, 0.4) is 0 Å². The molecule has 0 spiro atoms. The molecular formula is C25H27NO5. The number of hydrogen-bond acceptors (Lipinski definition) is 6. The number of carbonyl (C=O) groups is 1. The number of aryl methyl sites for hydroxylation is 1. The molecule has 2 heterocycles. The molecule has 6 nitrogen and oxygen atoms in total. The third-order valence-corrected chi connectivity index (χ3v) is 5.88. The predicted octanol–water partition coefficient (Wildman–Crippen LogP) is 4.25. The van der Waals surface area contributed by atoms with E-state index in [2.05, 4.69) is 4.90 Å². The van der Waals surface area contributed by atoms with Crippen LogP contribution >= 0.6 is 0 Å². The Morgan fingerprint density at radius 1 is 1.23 bits per heavy atom. The summed E-state index contributed by atoms with van der Waals surface area (Å²) in [5.41, 5.74) is 2.19. The molecule has 6 heteroatoms. The highest BCUT2D eigenvalue weighted by atomic mass is 16.5. The van der Waals surface area contributed by atoms with Gasteiger partial charge in [0.15, 0.2) is 0 Å². The SMILES string of the molecule is CCOC(=O)[C@@H]1CCCN(Cc2c(O)ccc3c(=O)c(-c4ccccc4)c(C)oc23)C1. The number of phenols is 1. The fourth-order valence-electron chi connectivity index (χ4n) is 4.38. The highest BCUT2D eigenvalue weighted by Gasteiger charge is 2.28. The molecule has 4 rings (SSSR count). The third-order valence-electron chi connectivity index (χ3n) is 5.88. The van der Waals surface area contributed by atoms with Gasteiger partial charge in [-0.05, 0) is 50.9 Å². The molecule has 1 saturated heterocycles. The second kappa shape index (κ2) is 8.94. The number of likely N-dealkylation sites (tertiary alicyclic amines) is 1. The number of aromatic hydroxyl groups is 1. The van der Waals surface area contributed by atoms with Gasteiger partial charge < -0.3 is 14.3 Å². The minimum atomic E-state index is -0.177. The summed E-state index contributed by atoms with van der Waals surface area (Å²) in [5, 5.41) is 11.0. The summed E-state index contributed by atoms with van der Waals surface area (Å²) in [6.07, 6.45) is 1.67. The summed E-state index contributed by atoms with van der Waals surface area (Å²) in [7, 11) is 0. The van der Waals surface area contributed by atoms with E-state index in [0.717, 1.165) is 24.9 Å². The Hall–Kier alpha value is -3.12. The first-order valence-corrected chi connectivity index (χ1v) is 10.7. The van der Waals surface area contributed by atoms with Crippen molar-refractivity contribution < 1.29 is 19.1 Å². The van der Waals surface area contributed by atoms with Crippen LogP contribution in [0, 0.1) is 12.8 Å². The fraction of sp³-hybridized carbons (Fsp3) is 0.360. The highest BCUT2D eigenvalue weighted by molar-refractivity contribution is 5.86. The van der Waals surface area contributed by atoms with Crippen molar-refractivity contribution in [1.82, 2.24) is 4.90 Å². The van der Waals surface area contributed by atoms with Gasteiger partial charge in [-0.2, -0.15) is 0 Å². The Morgan fingerprint density at radius 2 is 2.00 bits per heavy atom. The summed E-state index contributed by atoms with van der Waals surface area (Å²) in [6.45, 7) is 5.70. The van der Waals surface area contributed by atoms with Gasteiger partial charge in [0.25, 0.3) is 0 Å². The smallest absolute Gasteiger partial charge is 0.310 e. The molecular weight excluding hydrogens is 394 g/mol. The van der Waals surface area contributed by atoms with Crippen LogP contribution in [0.4, 0.5) is 0 Å². The van der Waals surface area contributed by atoms with Crippen molar-refractivity contribution in [3.05, 3.63) is 64.0 Å². The standard InChI is InChI=1S/C25H27NO5/c1-3-30-25(29)18-10-7-13-26(14-18)15-20-21(27)12-11-19-23(28)22(16(2)31-24(19)20)17-8-5-4-6-9-17/h4-6,8-9,11-12,18,27H,3,7,10,13-15H2,1-2H3/t18-/m1/s1. The predicted molar refractivity (Wildman–Crippen MR) is 119 cm³/mol. The van der Waals surface area contributed by atoms with Crippen molar-refractivity contribution >= 4 is 16.9 Å². The average molecular weight is 421 g/mol. The number of rotatable bonds is 5. The third kappa shape index (κ3) is 4.21. The molecule has 1 N–H and O–H groups in total. The van der Waals surface area contributed by atoms with Crippen LogP contribution < -0.4 is 5.43 Å². The number of carbonyl (C=O) groups excluding carboxylic acids is 1. The number of piperidine rings is 1. The molecule has 2 aromatic carbocycles. The van der Waals surface area contributed by atoms with Gasteiger partial charge >= 0.3 is 5.97 Å². The lowest BCUT2D eigenvalue weighted by Gasteiger charge is -2.31. The summed E-state index contributed by atoms with van der Waals surface area (Å²) < 4.78 is 11.3. The van der Waals surface area contributed by atoms with Crippen LogP contribution in [-0.4, -0.2) is 35.7 Å². The van der Waals surface area contributed by atoms with E-state index in [0.29, 0.717) is 47.6 Å².